The van der Waals surface area contributed by atoms with Gasteiger partial charge in [-0.25, -0.2) is 12.8 Å². The molecule has 0 aliphatic carbocycles. The number of piperidine rings is 1. The van der Waals surface area contributed by atoms with Crippen LogP contribution in [0.5, 0.6) is 0 Å². The number of rotatable bonds is 6. The van der Waals surface area contributed by atoms with E-state index < -0.39 is 15.8 Å². The Morgan fingerprint density at radius 2 is 2.04 bits per heavy atom. The minimum absolute atomic E-state index is 0.0595. The highest BCUT2D eigenvalue weighted by Crippen LogP contribution is 2.24. The Bertz CT molecular complexity index is 661. The number of carbonyl (C=O) groups is 1. The Kier molecular flexibility index (Phi) is 6.34. The third-order valence-corrected chi connectivity index (χ3v) is 6.20. The highest BCUT2D eigenvalue weighted by Gasteiger charge is 2.33. The molecule has 1 aliphatic rings. The van der Waals surface area contributed by atoms with Gasteiger partial charge in [0.1, 0.15) is 5.82 Å². The number of hydrogen-bond acceptors (Lipinski definition) is 3. The molecule has 0 unspecified atom stereocenters. The number of nitrogens with zero attached hydrogens (tertiary/aromatic N) is 1. The average molecular weight is 356 g/mol. The van der Waals surface area contributed by atoms with Gasteiger partial charge in [-0.2, -0.15) is 4.31 Å². The van der Waals surface area contributed by atoms with Crippen LogP contribution < -0.4 is 5.32 Å². The fourth-order valence-electron chi connectivity index (χ4n) is 3.00. The van der Waals surface area contributed by atoms with Gasteiger partial charge in [-0.05, 0) is 50.5 Å². The number of halogens is 1. The molecule has 5 nitrogen and oxygen atoms in total. The number of amides is 1. The fourth-order valence-corrected chi connectivity index (χ4v) is 4.52. The standard InChI is InChI=1S/C17H25FN2O3S/c1-3-5-13(2)19-17(21)14-6-4-11-20(12-14)24(22,23)16-9-7-15(18)8-10-16/h7-10,13-14H,3-6,11-12H2,1-2H3,(H,19,21)/t13-,14-/m1/s1. The molecule has 1 heterocycles. The van der Waals surface area contributed by atoms with E-state index in [1.807, 2.05) is 6.92 Å². The van der Waals surface area contributed by atoms with E-state index in [-0.39, 0.29) is 29.3 Å². The molecule has 2 atom stereocenters. The van der Waals surface area contributed by atoms with E-state index in [2.05, 4.69) is 12.2 Å². The molecule has 1 aromatic carbocycles. The fraction of sp³-hybridized carbons (Fsp3) is 0.588. The molecule has 0 spiro atoms. The lowest BCUT2D eigenvalue weighted by atomic mass is 9.98. The van der Waals surface area contributed by atoms with Gasteiger partial charge in [0.25, 0.3) is 0 Å². The Morgan fingerprint density at radius 3 is 2.67 bits per heavy atom. The zero-order chi connectivity index (χ0) is 17.7. The monoisotopic (exact) mass is 356 g/mol. The van der Waals surface area contributed by atoms with Crippen molar-refractivity contribution in [3.8, 4) is 0 Å². The normalized spacial score (nSPS) is 20.5. The summed E-state index contributed by atoms with van der Waals surface area (Å²) in [5.41, 5.74) is 0. The zero-order valence-electron chi connectivity index (χ0n) is 14.2. The van der Waals surface area contributed by atoms with Gasteiger partial charge in [0.05, 0.1) is 10.8 Å². The Labute approximate surface area is 143 Å². The first-order valence-corrected chi connectivity index (χ1v) is 9.84. The molecule has 1 fully saturated rings. The van der Waals surface area contributed by atoms with E-state index in [1.165, 1.54) is 16.4 Å². The molecule has 0 bridgehead atoms. The van der Waals surface area contributed by atoms with Gasteiger partial charge < -0.3 is 5.32 Å². The molecule has 1 saturated heterocycles. The van der Waals surface area contributed by atoms with Gasteiger partial charge in [-0.15, -0.1) is 0 Å². The van der Waals surface area contributed by atoms with Crippen molar-refractivity contribution >= 4 is 15.9 Å². The molecule has 1 N–H and O–H groups in total. The van der Waals surface area contributed by atoms with E-state index in [0.717, 1.165) is 25.0 Å². The quantitative estimate of drug-likeness (QED) is 0.852. The maximum Gasteiger partial charge on any atom is 0.243 e. The van der Waals surface area contributed by atoms with Crippen LogP contribution in [0.2, 0.25) is 0 Å². The summed E-state index contributed by atoms with van der Waals surface area (Å²) in [6.07, 6.45) is 3.20. The summed E-state index contributed by atoms with van der Waals surface area (Å²) in [6.45, 7) is 4.57. The zero-order valence-corrected chi connectivity index (χ0v) is 15.0. The minimum Gasteiger partial charge on any atom is -0.353 e. The van der Waals surface area contributed by atoms with E-state index in [4.69, 9.17) is 0 Å². The predicted octanol–water partition coefficient (Wildman–Crippen LogP) is 2.53. The van der Waals surface area contributed by atoms with Crippen molar-refractivity contribution in [2.45, 2.75) is 50.5 Å². The predicted molar refractivity (Wildman–Crippen MR) is 90.4 cm³/mol. The number of benzene rings is 1. The number of sulfonamides is 1. The first-order chi connectivity index (χ1) is 11.3. The van der Waals surface area contributed by atoms with Crippen LogP contribution in [0.3, 0.4) is 0 Å². The van der Waals surface area contributed by atoms with E-state index in [1.54, 1.807) is 0 Å². The van der Waals surface area contributed by atoms with Crippen LogP contribution in [0.1, 0.15) is 39.5 Å². The van der Waals surface area contributed by atoms with Crippen LogP contribution in [0.4, 0.5) is 4.39 Å². The molecule has 0 aromatic heterocycles. The topological polar surface area (TPSA) is 66.5 Å². The van der Waals surface area contributed by atoms with Gasteiger partial charge in [0.2, 0.25) is 15.9 Å². The van der Waals surface area contributed by atoms with Crippen molar-refractivity contribution in [2.24, 2.45) is 5.92 Å². The van der Waals surface area contributed by atoms with Gasteiger partial charge in [0, 0.05) is 19.1 Å². The summed E-state index contributed by atoms with van der Waals surface area (Å²) < 4.78 is 39.7. The van der Waals surface area contributed by atoms with Gasteiger partial charge in [0.15, 0.2) is 0 Å². The van der Waals surface area contributed by atoms with Crippen molar-refractivity contribution in [1.29, 1.82) is 0 Å². The van der Waals surface area contributed by atoms with Crippen LogP contribution in [0.15, 0.2) is 29.2 Å². The Hall–Kier alpha value is -1.47. The largest absolute Gasteiger partial charge is 0.353 e. The van der Waals surface area contributed by atoms with Crippen LogP contribution in [-0.4, -0.2) is 37.8 Å². The van der Waals surface area contributed by atoms with Crippen molar-refractivity contribution in [2.75, 3.05) is 13.1 Å². The Morgan fingerprint density at radius 1 is 1.38 bits per heavy atom. The second kappa shape index (κ2) is 8.07. The molecular formula is C17H25FN2O3S. The molecule has 1 amide bonds. The SMILES string of the molecule is CCC[C@@H](C)NC(=O)[C@@H]1CCCN(S(=O)(=O)c2ccc(F)cc2)C1. The van der Waals surface area contributed by atoms with Gasteiger partial charge >= 0.3 is 0 Å². The van der Waals surface area contributed by atoms with Crippen LogP contribution >= 0.6 is 0 Å². The lowest BCUT2D eigenvalue weighted by Gasteiger charge is -2.31. The van der Waals surface area contributed by atoms with Crippen molar-refractivity contribution in [1.82, 2.24) is 9.62 Å². The molecule has 1 aliphatic heterocycles. The summed E-state index contributed by atoms with van der Waals surface area (Å²) in [7, 11) is -3.70. The number of nitrogens with one attached hydrogen (secondary N) is 1. The molecule has 134 valence electrons. The molecule has 2 rings (SSSR count). The van der Waals surface area contributed by atoms with E-state index in [0.29, 0.717) is 19.4 Å². The summed E-state index contributed by atoms with van der Waals surface area (Å²) in [5.74, 6) is -0.905. The lowest BCUT2D eigenvalue weighted by Crippen LogP contribution is -2.47. The van der Waals surface area contributed by atoms with Crippen molar-refractivity contribution in [3.63, 3.8) is 0 Å². The van der Waals surface area contributed by atoms with Crippen LogP contribution in [0, 0.1) is 11.7 Å². The number of hydrogen-bond donors (Lipinski definition) is 1. The third kappa shape index (κ3) is 4.54. The highest BCUT2D eigenvalue weighted by molar-refractivity contribution is 7.89. The second-order valence-corrected chi connectivity index (χ2v) is 8.29. The van der Waals surface area contributed by atoms with Gasteiger partial charge in [-0.1, -0.05) is 13.3 Å². The Balaban J connectivity index is 2.07. The first kappa shape index (κ1) is 18.9. The third-order valence-electron chi connectivity index (χ3n) is 4.32. The highest BCUT2D eigenvalue weighted by atomic mass is 32.2. The van der Waals surface area contributed by atoms with Crippen LogP contribution in [-0.2, 0) is 14.8 Å². The summed E-state index contributed by atoms with van der Waals surface area (Å²) >= 11 is 0. The van der Waals surface area contributed by atoms with E-state index in [9.17, 15) is 17.6 Å². The molecule has 0 radical (unpaired) electrons. The van der Waals surface area contributed by atoms with Gasteiger partial charge in [-0.3, -0.25) is 4.79 Å². The first-order valence-electron chi connectivity index (χ1n) is 8.40. The molecule has 24 heavy (non-hydrogen) atoms. The molecule has 7 heteroatoms. The van der Waals surface area contributed by atoms with Crippen LogP contribution in [0.25, 0.3) is 0 Å². The molecular weight excluding hydrogens is 331 g/mol. The smallest absolute Gasteiger partial charge is 0.243 e. The maximum atomic E-state index is 13.0. The van der Waals surface area contributed by atoms with Crippen molar-refractivity contribution < 1.29 is 17.6 Å². The molecule has 0 saturated carbocycles. The summed E-state index contributed by atoms with van der Waals surface area (Å²) in [4.78, 5) is 12.4. The summed E-state index contributed by atoms with van der Waals surface area (Å²) in [5, 5.41) is 2.96. The number of carbonyl (C=O) groups excluding carboxylic acids is 1. The lowest BCUT2D eigenvalue weighted by molar-refractivity contribution is -0.126. The van der Waals surface area contributed by atoms with Crippen molar-refractivity contribution in [3.05, 3.63) is 30.1 Å². The second-order valence-electron chi connectivity index (χ2n) is 6.35. The summed E-state index contributed by atoms with van der Waals surface area (Å²) in [6, 6.07) is 4.88. The minimum atomic E-state index is -3.70. The average Bonchev–Trinajstić information content (AvgIpc) is 2.55. The molecule has 1 aromatic rings. The van der Waals surface area contributed by atoms with E-state index >= 15 is 0 Å². The maximum absolute atomic E-state index is 13.0.